The van der Waals surface area contributed by atoms with E-state index in [4.69, 9.17) is 0 Å². The maximum absolute atomic E-state index is 2.37. The first-order valence-electron chi connectivity index (χ1n) is 29.1. The lowest BCUT2D eigenvalue weighted by Gasteiger charge is -2.21. The Morgan fingerprint density at radius 2 is 0.556 bits per heavy atom. The van der Waals surface area contributed by atoms with Crippen molar-refractivity contribution in [3.63, 3.8) is 0 Å². The molecule has 396 valence electrons. The van der Waals surface area contributed by atoms with E-state index in [9.17, 15) is 0 Å². The van der Waals surface area contributed by atoms with Gasteiger partial charge >= 0.3 is 0 Å². The van der Waals surface area contributed by atoms with Crippen molar-refractivity contribution in [2.45, 2.75) is 349 Å². The lowest BCUT2D eigenvalue weighted by Crippen LogP contribution is -2.09. The van der Waals surface area contributed by atoms with Crippen LogP contribution in [0, 0.1) is 64.6 Å². The Hall–Kier alpha value is 0. The average molecular weight is 902 g/mol. The summed E-state index contributed by atoms with van der Waals surface area (Å²) in [5.74, 6) is 9.09. The molecule has 0 amide bonds. The summed E-state index contributed by atoms with van der Waals surface area (Å²) in [6.45, 7) is 67.7. The molecule has 0 saturated carbocycles. The molecule has 0 aliphatic rings. The predicted molar refractivity (Wildman–Crippen MR) is 309 cm³/mol. The Labute approximate surface area is 411 Å². The monoisotopic (exact) mass is 901 g/mol. The van der Waals surface area contributed by atoms with Gasteiger partial charge in [0.2, 0.25) is 0 Å². The number of rotatable bonds is 23. The van der Waals surface area contributed by atoms with Gasteiger partial charge in [0.25, 0.3) is 0 Å². The molecule has 0 aromatic rings. The smallest absolute Gasteiger partial charge is 0.0380 e. The van der Waals surface area contributed by atoms with Crippen LogP contribution in [-0.2, 0) is 0 Å². The molecular formula is C63H144. The third kappa shape index (κ3) is 140. The highest BCUT2D eigenvalue weighted by molar-refractivity contribution is 4.64. The Balaban J connectivity index is -0.0000000755. The van der Waals surface area contributed by atoms with E-state index < -0.39 is 0 Å². The molecule has 4 unspecified atom stereocenters. The van der Waals surface area contributed by atoms with Crippen LogP contribution in [0.1, 0.15) is 349 Å². The fourth-order valence-electron chi connectivity index (χ4n) is 5.27. The molecule has 0 aromatic heterocycles. The number of hydrogen-bond acceptors (Lipinski definition) is 0. The molecule has 0 radical (unpaired) electrons. The molecule has 0 rings (SSSR count). The molecule has 0 heterocycles. The van der Waals surface area contributed by atoms with E-state index in [1.807, 2.05) is 0 Å². The zero-order valence-electron chi connectivity index (χ0n) is 51.8. The van der Waals surface area contributed by atoms with Gasteiger partial charge in [-0.2, -0.15) is 0 Å². The largest absolute Gasteiger partial charge is 0.0654 e. The molecule has 0 aromatic carbocycles. The second-order valence-corrected chi connectivity index (χ2v) is 23.6. The van der Waals surface area contributed by atoms with Crippen molar-refractivity contribution >= 4 is 0 Å². The highest BCUT2D eigenvalue weighted by atomic mass is 14.2. The van der Waals surface area contributed by atoms with Crippen molar-refractivity contribution in [2.24, 2.45) is 64.6 Å². The van der Waals surface area contributed by atoms with Crippen LogP contribution in [0.4, 0.5) is 0 Å². The minimum absolute atomic E-state index is 0.523. The van der Waals surface area contributed by atoms with Gasteiger partial charge in [-0.25, -0.2) is 0 Å². The molecule has 0 nitrogen and oxygen atoms in total. The third-order valence-corrected chi connectivity index (χ3v) is 11.6. The maximum atomic E-state index is 2.37. The van der Waals surface area contributed by atoms with E-state index in [2.05, 4.69) is 208 Å². The topological polar surface area (TPSA) is 0 Å². The van der Waals surface area contributed by atoms with Gasteiger partial charge in [-0.3, -0.25) is 0 Å². The molecule has 0 N–H and O–H groups in total. The van der Waals surface area contributed by atoms with Crippen molar-refractivity contribution < 1.29 is 0 Å². The van der Waals surface area contributed by atoms with E-state index >= 15 is 0 Å². The first kappa shape index (κ1) is 83.0. The van der Waals surface area contributed by atoms with Gasteiger partial charge in [0, 0.05) is 0 Å². The van der Waals surface area contributed by atoms with Crippen molar-refractivity contribution in [1.82, 2.24) is 0 Å². The molecule has 0 saturated heterocycles. The molecule has 0 aliphatic heterocycles. The molecule has 4 atom stereocenters. The molecule has 0 spiro atoms. The molecular weight excluding hydrogens is 757 g/mol. The summed E-state index contributed by atoms with van der Waals surface area (Å²) in [6.07, 6.45) is 30.2. The van der Waals surface area contributed by atoms with Crippen molar-refractivity contribution in [2.75, 3.05) is 0 Å². The zero-order valence-corrected chi connectivity index (χ0v) is 51.8. The second kappa shape index (κ2) is 68.6. The van der Waals surface area contributed by atoms with Crippen molar-refractivity contribution in [3.05, 3.63) is 0 Å². The molecule has 0 aliphatic carbocycles. The lowest BCUT2D eigenvalue weighted by molar-refractivity contribution is 0.302. The second-order valence-electron chi connectivity index (χ2n) is 23.6. The minimum Gasteiger partial charge on any atom is -0.0654 e. The lowest BCUT2D eigenvalue weighted by atomic mass is 9.84. The van der Waals surface area contributed by atoms with Crippen LogP contribution in [0.3, 0.4) is 0 Å². The van der Waals surface area contributed by atoms with Gasteiger partial charge < -0.3 is 0 Å². The summed E-state index contributed by atoms with van der Waals surface area (Å²) >= 11 is 0. The summed E-state index contributed by atoms with van der Waals surface area (Å²) < 4.78 is 0. The first-order chi connectivity index (χ1) is 29.1. The Morgan fingerprint density at radius 3 is 0.746 bits per heavy atom. The van der Waals surface area contributed by atoms with Crippen LogP contribution in [0.5, 0.6) is 0 Å². The van der Waals surface area contributed by atoms with Gasteiger partial charge in [0.15, 0.2) is 0 Å². The summed E-state index contributed by atoms with van der Waals surface area (Å²) in [5, 5.41) is 0. The highest BCUT2D eigenvalue weighted by Gasteiger charge is 2.13. The normalized spacial score (nSPS) is 12.4. The fourth-order valence-corrected chi connectivity index (χ4v) is 5.27. The van der Waals surface area contributed by atoms with E-state index in [1.165, 1.54) is 141 Å². The molecule has 0 fully saturated rings. The van der Waals surface area contributed by atoms with E-state index in [-0.39, 0.29) is 0 Å². The Kier molecular flexibility index (Phi) is 90.4. The van der Waals surface area contributed by atoms with E-state index in [0.29, 0.717) is 5.41 Å². The van der Waals surface area contributed by atoms with Crippen LogP contribution in [0.2, 0.25) is 0 Å². The van der Waals surface area contributed by atoms with Crippen molar-refractivity contribution in [1.29, 1.82) is 0 Å². The summed E-state index contributed by atoms with van der Waals surface area (Å²) in [6, 6.07) is 0. The van der Waals surface area contributed by atoms with Gasteiger partial charge in [0.1, 0.15) is 0 Å². The third-order valence-electron chi connectivity index (χ3n) is 11.6. The highest BCUT2D eigenvalue weighted by Crippen LogP contribution is 2.25. The Bertz CT molecular complexity index is 645. The summed E-state index contributed by atoms with van der Waals surface area (Å²) in [7, 11) is 0. The number of unbranched alkanes of at least 4 members (excludes halogenated alkanes) is 3. The van der Waals surface area contributed by atoms with Crippen LogP contribution in [0.25, 0.3) is 0 Å². The van der Waals surface area contributed by atoms with Crippen LogP contribution in [0.15, 0.2) is 0 Å². The SMILES string of the molecule is CC(C)C.CCC(C)C.CCC(C)C.CCC(C)CC.CCC(C)CC(C)(C)C.CCC(C)CCCC(C)C.CCCC(C)C.CCCCC(C)CC.CCCCCC(C)CCC. The standard InChI is InChI=1S/2C10H22.C9H20.C8H18.2C6H14.2C5H12.C4H10/c1-5-10(4)8-6-7-9(2)3;1-4-6-7-9-10(3)8-5-2;1-6-8(2)7-9(3,4)5;1-4-6-7-8(3)5-2;1-4-5-6(2)3;1-4-6(3)5-2;2*1-4-5(2)3;1-4(2)3/h9-10H,5-8H2,1-4H3;10H,4-9H2,1-3H3;8H,6-7H2,1-5H3;8H,4-7H2,1-3H3;2*6H,4-5H2,1-3H3;2*5H,4H2,1-3H3;4H,1-3H3. The first-order valence-corrected chi connectivity index (χ1v) is 29.1. The molecule has 0 heteroatoms. The molecule has 0 bridgehead atoms. The van der Waals surface area contributed by atoms with E-state index in [1.54, 1.807) is 0 Å². The van der Waals surface area contributed by atoms with Crippen molar-refractivity contribution in [3.8, 4) is 0 Å². The van der Waals surface area contributed by atoms with Gasteiger partial charge in [-0.05, 0) is 71.0 Å². The minimum atomic E-state index is 0.523. The fraction of sp³-hybridized carbons (Fsp3) is 1.00. The van der Waals surface area contributed by atoms with Crippen LogP contribution >= 0.6 is 0 Å². The van der Waals surface area contributed by atoms with Crippen LogP contribution < -0.4 is 0 Å². The number of hydrogen-bond donors (Lipinski definition) is 0. The van der Waals surface area contributed by atoms with Gasteiger partial charge in [-0.15, -0.1) is 0 Å². The van der Waals surface area contributed by atoms with Gasteiger partial charge in [-0.1, -0.05) is 343 Å². The zero-order chi connectivity index (χ0) is 51.8. The summed E-state index contributed by atoms with van der Waals surface area (Å²) in [4.78, 5) is 0. The van der Waals surface area contributed by atoms with E-state index in [0.717, 1.165) is 59.2 Å². The average Bonchev–Trinajstić information content (AvgIpc) is 3.20. The molecule has 63 heavy (non-hydrogen) atoms. The summed E-state index contributed by atoms with van der Waals surface area (Å²) in [5.41, 5.74) is 0.523. The van der Waals surface area contributed by atoms with Gasteiger partial charge in [0.05, 0.1) is 0 Å². The van der Waals surface area contributed by atoms with Crippen LogP contribution in [-0.4, -0.2) is 0 Å². The maximum Gasteiger partial charge on any atom is -0.0380 e. The quantitative estimate of drug-likeness (QED) is 0.0897. The Morgan fingerprint density at radius 1 is 0.254 bits per heavy atom. The predicted octanol–water partition coefficient (Wildman–Crippen LogP) is 25.2.